The molecular formula is C16H24N2O4. The average molecular weight is 308 g/mol. The van der Waals surface area contributed by atoms with Crippen LogP contribution in [-0.4, -0.2) is 36.2 Å². The number of rotatable bonds is 8. The molecule has 1 rings (SSSR count). The van der Waals surface area contributed by atoms with Gasteiger partial charge in [0.2, 0.25) is 5.91 Å². The molecule has 0 aliphatic rings. The van der Waals surface area contributed by atoms with Crippen LogP contribution in [0.2, 0.25) is 0 Å². The van der Waals surface area contributed by atoms with Gasteiger partial charge in [0, 0.05) is 6.42 Å². The fourth-order valence-corrected chi connectivity index (χ4v) is 2.04. The SMILES string of the molecule is CCCC[C@H](N)C(=O)N[C@@H](Cc1ccc(O)cc1)C(=O)OC. The maximum atomic E-state index is 12.0. The van der Waals surface area contributed by atoms with Crippen LogP contribution >= 0.6 is 0 Å². The molecule has 0 radical (unpaired) electrons. The highest BCUT2D eigenvalue weighted by atomic mass is 16.5. The van der Waals surface area contributed by atoms with E-state index in [1.807, 2.05) is 6.92 Å². The number of phenolic OH excluding ortho intramolecular Hbond substituents is 1. The zero-order valence-electron chi connectivity index (χ0n) is 13.0. The molecule has 0 bridgehead atoms. The van der Waals surface area contributed by atoms with Crippen molar-refractivity contribution in [2.24, 2.45) is 5.73 Å². The second-order valence-electron chi connectivity index (χ2n) is 5.20. The molecule has 1 aromatic carbocycles. The Labute approximate surface area is 130 Å². The third kappa shape index (κ3) is 5.73. The van der Waals surface area contributed by atoms with Crippen LogP contribution in [0.1, 0.15) is 31.7 Å². The van der Waals surface area contributed by atoms with Gasteiger partial charge in [0.1, 0.15) is 11.8 Å². The van der Waals surface area contributed by atoms with E-state index in [1.165, 1.54) is 19.2 Å². The lowest BCUT2D eigenvalue weighted by Gasteiger charge is -2.19. The molecule has 122 valence electrons. The summed E-state index contributed by atoms with van der Waals surface area (Å²) < 4.78 is 4.73. The van der Waals surface area contributed by atoms with Crippen LogP contribution in [0.4, 0.5) is 0 Å². The minimum atomic E-state index is -0.797. The molecule has 0 aliphatic heterocycles. The van der Waals surface area contributed by atoms with Gasteiger partial charge in [-0.05, 0) is 24.1 Å². The number of esters is 1. The summed E-state index contributed by atoms with van der Waals surface area (Å²) in [5, 5.41) is 11.9. The molecule has 0 aromatic heterocycles. The largest absolute Gasteiger partial charge is 0.508 e. The van der Waals surface area contributed by atoms with Crippen LogP contribution in [-0.2, 0) is 20.7 Å². The predicted molar refractivity (Wildman–Crippen MR) is 83.3 cm³/mol. The second kappa shape index (κ2) is 9.04. The van der Waals surface area contributed by atoms with Gasteiger partial charge in [0.25, 0.3) is 0 Å². The lowest BCUT2D eigenvalue weighted by Crippen LogP contribution is -2.49. The Hall–Kier alpha value is -2.08. The number of nitrogens with one attached hydrogen (secondary N) is 1. The average Bonchev–Trinajstić information content (AvgIpc) is 2.52. The number of hydrogen-bond acceptors (Lipinski definition) is 5. The summed E-state index contributed by atoms with van der Waals surface area (Å²) >= 11 is 0. The lowest BCUT2D eigenvalue weighted by molar-refractivity contribution is -0.145. The third-order valence-electron chi connectivity index (χ3n) is 3.38. The summed E-state index contributed by atoms with van der Waals surface area (Å²) in [4.78, 5) is 23.9. The summed E-state index contributed by atoms with van der Waals surface area (Å²) in [7, 11) is 1.27. The molecular weight excluding hydrogens is 284 g/mol. The van der Waals surface area contributed by atoms with Gasteiger partial charge in [0.15, 0.2) is 0 Å². The van der Waals surface area contributed by atoms with E-state index in [9.17, 15) is 14.7 Å². The zero-order chi connectivity index (χ0) is 16.5. The quantitative estimate of drug-likeness (QED) is 0.624. The number of ether oxygens (including phenoxy) is 1. The van der Waals surface area contributed by atoms with E-state index < -0.39 is 18.1 Å². The van der Waals surface area contributed by atoms with Crippen LogP contribution in [0, 0.1) is 0 Å². The van der Waals surface area contributed by atoms with Crippen LogP contribution in [0.3, 0.4) is 0 Å². The van der Waals surface area contributed by atoms with E-state index in [4.69, 9.17) is 10.5 Å². The van der Waals surface area contributed by atoms with Crippen LogP contribution in [0.15, 0.2) is 24.3 Å². The number of benzene rings is 1. The molecule has 0 saturated carbocycles. The van der Waals surface area contributed by atoms with Crippen LogP contribution in [0.25, 0.3) is 0 Å². The van der Waals surface area contributed by atoms with E-state index >= 15 is 0 Å². The molecule has 0 aliphatic carbocycles. The molecule has 0 saturated heterocycles. The molecule has 1 amide bonds. The molecule has 22 heavy (non-hydrogen) atoms. The van der Waals surface area contributed by atoms with Crippen molar-refractivity contribution in [1.29, 1.82) is 0 Å². The standard InChI is InChI=1S/C16H24N2O4/c1-3-4-5-13(17)15(20)18-14(16(21)22-2)10-11-6-8-12(19)9-7-11/h6-9,13-14,19H,3-5,10,17H2,1-2H3,(H,18,20)/t13-,14-/m0/s1. The van der Waals surface area contributed by atoms with Crippen molar-refractivity contribution in [2.75, 3.05) is 7.11 Å². The monoisotopic (exact) mass is 308 g/mol. The van der Waals surface area contributed by atoms with Crippen molar-refractivity contribution >= 4 is 11.9 Å². The molecule has 0 spiro atoms. The van der Waals surface area contributed by atoms with Gasteiger partial charge in [0.05, 0.1) is 13.2 Å². The summed E-state index contributed by atoms with van der Waals surface area (Å²) in [6.45, 7) is 2.02. The van der Waals surface area contributed by atoms with Crippen molar-refractivity contribution in [3.8, 4) is 5.75 Å². The van der Waals surface area contributed by atoms with Crippen molar-refractivity contribution in [1.82, 2.24) is 5.32 Å². The van der Waals surface area contributed by atoms with Gasteiger partial charge in [-0.2, -0.15) is 0 Å². The van der Waals surface area contributed by atoms with Crippen molar-refractivity contribution < 1.29 is 19.4 Å². The molecule has 0 heterocycles. The number of carbonyl (C=O) groups is 2. The first-order valence-electron chi connectivity index (χ1n) is 7.39. The number of aromatic hydroxyl groups is 1. The number of phenols is 1. The number of nitrogens with two attached hydrogens (primary N) is 1. The summed E-state index contributed by atoms with van der Waals surface area (Å²) in [6.07, 6.45) is 2.67. The van der Waals surface area contributed by atoms with Gasteiger partial charge >= 0.3 is 5.97 Å². The Kier molecular flexibility index (Phi) is 7.39. The van der Waals surface area contributed by atoms with E-state index in [-0.39, 0.29) is 18.1 Å². The Morgan fingerprint density at radius 3 is 2.50 bits per heavy atom. The molecule has 2 atom stereocenters. The van der Waals surface area contributed by atoms with Gasteiger partial charge in [-0.15, -0.1) is 0 Å². The number of amides is 1. The third-order valence-corrected chi connectivity index (χ3v) is 3.38. The topological polar surface area (TPSA) is 102 Å². The fraction of sp³-hybridized carbons (Fsp3) is 0.500. The van der Waals surface area contributed by atoms with Gasteiger partial charge in [-0.25, -0.2) is 4.79 Å². The minimum absolute atomic E-state index is 0.143. The van der Waals surface area contributed by atoms with E-state index in [1.54, 1.807) is 12.1 Å². The smallest absolute Gasteiger partial charge is 0.328 e. The first-order valence-corrected chi connectivity index (χ1v) is 7.39. The molecule has 4 N–H and O–H groups in total. The Bertz CT molecular complexity index is 487. The minimum Gasteiger partial charge on any atom is -0.508 e. The van der Waals surface area contributed by atoms with Gasteiger partial charge in [-0.1, -0.05) is 31.9 Å². The first-order chi connectivity index (χ1) is 10.5. The van der Waals surface area contributed by atoms with E-state index in [0.717, 1.165) is 18.4 Å². The number of hydrogen-bond donors (Lipinski definition) is 3. The Balaban J connectivity index is 2.70. The second-order valence-corrected chi connectivity index (χ2v) is 5.20. The Morgan fingerprint density at radius 1 is 1.32 bits per heavy atom. The van der Waals surface area contributed by atoms with E-state index in [0.29, 0.717) is 6.42 Å². The first kappa shape index (κ1) is 18.0. The molecule has 6 heteroatoms. The number of methoxy groups -OCH3 is 1. The predicted octanol–water partition coefficient (Wildman–Crippen LogP) is 1.11. The maximum Gasteiger partial charge on any atom is 0.328 e. The van der Waals surface area contributed by atoms with Crippen molar-refractivity contribution in [3.63, 3.8) is 0 Å². The summed E-state index contributed by atoms with van der Waals surface area (Å²) in [6, 6.07) is 5.00. The highest BCUT2D eigenvalue weighted by Gasteiger charge is 2.24. The number of carbonyl (C=O) groups excluding carboxylic acids is 2. The lowest BCUT2D eigenvalue weighted by atomic mass is 10.0. The van der Waals surface area contributed by atoms with E-state index in [2.05, 4.69) is 5.32 Å². The molecule has 1 aromatic rings. The van der Waals surface area contributed by atoms with Crippen molar-refractivity contribution in [3.05, 3.63) is 29.8 Å². The van der Waals surface area contributed by atoms with Gasteiger partial charge < -0.3 is 20.9 Å². The highest BCUT2D eigenvalue weighted by molar-refractivity contribution is 5.87. The van der Waals surface area contributed by atoms with Crippen LogP contribution in [0.5, 0.6) is 5.75 Å². The summed E-state index contributed by atoms with van der Waals surface area (Å²) in [5.41, 5.74) is 6.61. The van der Waals surface area contributed by atoms with Crippen LogP contribution < -0.4 is 11.1 Å². The molecule has 6 nitrogen and oxygen atoms in total. The van der Waals surface area contributed by atoms with Crippen molar-refractivity contribution in [2.45, 2.75) is 44.7 Å². The number of unbranched alkanes of at least 4 members (excludes halogenated alkanes) is 1. The Morgan fingerprint density at radius 2 is 1.95 bits per heavy atom. The molecule has 0 fully saturated rings. The summed E-state index contributed by atoms with van der Waals surface area (Å²) in [5.74, 6) is -0.740. The highest BCUT2D eigenvalue weighted by Crippen LogP contribution is 2.12. The fourth-order valence-electron chi connectivity index (χ4n) is 2.04. The van der Waals surface area contributed by atoms with Gasteiger partial charge in [-0.3, -0.25) is 4.79 Å². The maximum absolute atomic E-state index is 12.0. The molecule has 0 unspecified atom stereocenters. The normalized spacial score (nSPS) is 13.2. The zero-order valence-corrected chi connectivity index (χ0v) is 13.0.